The zero-order valence-electron chi connectivity index (χ0n) is 9.70. The van der Waals surface area contributed by atoms with Gasteiger partial charge in [0.1, 0.15) is 0 Å². The first-order chi connectivity index (χ1) is 6.93. The summed E-state index contributed by atoms with van der Waals surface area (Å²) in [5.74, 6) is -1.08. The van der Waals surface area contributed by atoms with Crippen LogP contribution in [0.3, 0.4) is 0 Å². The second-order valence-electron chi connectivity index (χ2n) is 1.87. The molecule has 12 heteroatoms. The minimum atomic E-state index is -0.333. The van der Waals surface area contributed by atoms with Crippen LogP contribution in [0.5, 0.6) is 0 Å². The van der Waals surface area contributed by atoms with E-state index in [9.17, 15) is 0 Å². The smallest absolute Gasteiger partial charge is 0.370 e. The SMILES string of the molecule is N=C(N)N.N=C(N)N.N=C(N)N.NC(N)=[NH2+].[H+]. The Kier molecular flexibility index (Phi) is 26.0. The lowest BCUT2D eigenvalue weighted by atomic mass is 11.1. The molecule has 0 saturated carbocycles. The van der Waals surface area contributed by atoms with Gasteiger partial charge in [-0.1, -0.05) is 0 Å². The summed E-state index contributed by atoms with van der Waals surface area (Å²) in [6.45, 7) is 0. The highest BCUT2D eigenvalue weighted by molar-refractivity contribution is 5.72. The summed E-state index contributed by atoms with van der Waals surface area (Å²) in [4.78, 5) is 0. The van der Waals surface area contributed by atoms with Gasteiger partial charge in [0.15, 0.2) is 17.9 Å². The van der Waals surface area contributed by atoms with Crippen LogP contribution in [0.2, 0.25) is 0 Å². The average Bonchev–Trinajstić information content (AvgIpc) is 1.76. The van der Waals surface area contributed by atoms with Gasteiger partial charge >= 0.3 is 7.39 Å². The molecule has 0 aromatic heterocycles. The Bertz CT molecular complexity index is 159. The first-order valence-electron chi connectivity index (χ1n) is 3.35. The summed E-state index contributed by atoms with van der Waals surface area (Å²) in [6.07, 6.45) is 0. The van der Waals surface area contributed by atoms with Crippen LogP contribution in [0, 0.1) is 16.2 Å². The molecule has 16 heavy (non-hydrogen) atoms. The monoisotopic (exact) mass is 238 g/mol. The molecule has 0 bridgehead atoms. The van der Waals surface area contributed by atoms with Crippen molar-refractivity contribution in [3.63, 3.8) is 0 Å². The Morgan fingerprint density at radius 3 is 0.625 bits per heavy atom. The highest BCUT2D eigenvalue weighted by Gasteiger charge is 1.64. The van der Waals surface area contributed by atoms with E-state index in [1.165, 1.54) is 0 Å². The molecule has 0 aliphatic carbocycles. The number of hydrogen-bond acceptors (Lipinski definition) is 3. The molecule has 0 saturated heterocycles. The van der Waals surface area contributed by atoms with E-state index in [-0.39, 0.29) is 25.3 Å². The molecular formula is C4H22N12+2. The Morgan fingerprint density at radius 1 is 0.625 bits per heavy atom. The predicted molar refractivity (Wildman–Crippen MR) is 64.7 cm³/mol. The Morgan fingerprint density at radius 2 is 0.625 bits per heavy atom. The minimum absolute atomic E-state index is 0. The average molecular weight is 238 g/mol. The molecule has 0 aliphatic rings. The molecule has 0 amide bonds. The van der Waals surface area contributed by atoms with Crippen molar-refractivity contribution in [3.05, 3.63) is 0 Å². The Hall–Kier alpha value is -2.92. The molecule has 0 unspecified atom stereocenters. The Labute approximate surface area is 93.8 Å². The van der Waals surface area contributed by atoms with Crippen molar-refractivity contribution < 1.29 is 6.84 Å². The molecular weight excluding hydrogens is 216 g/mol. The second kappa shape index (κ2) is 18.0. The van der Waals surface area contributed by atoms with Crippen molar-refractivity contribution >= 4 is 23.8 Å². The number of hydrogen-bond donors (Lipinski definition) is 12. The molecule has 0 atom stereocenters. The van der Waals surface area contributed by atoms with Crippen LogP contribution < -0.4 is 51.3 Å². The van der Waals surface area contributed by atoms with Crippen molar-refractivity contribution in [3.8, 4) is 0 Å². The zero-order valence-corrected chi connectivity index (χ0v) is 8.70. The lowest BCUT2D eigenvalue weighted by Gasteiger charge is -1.69. The van der Waals surface area contributed by atoms with Crippen LogP contribution in [0.4, 0.5) is 0 Å². The molecule has 96 valence electrons. The predicted octanol–water partition coefficient (Wildman–Crippen LogP) is -6.35. The van der Waals surface area contributed by atoms with Gasteiger partial charge in [-0.25, -0.2) is 0 Å². The third-order valence-corrected chi connectivity index (χ3v) is 0. The van der Waals surface area contributed by atoms with Crippen molar-refractivity contribution in [1.82, 2.24) is 0 Å². The lowest BCUT2D eigenvalue weighted by Crippen LogP contribution is -2.51. The van der Waals surface area contributed by atoms with E-state index in [1.54, 1.807) is 0 Å². The van der Waals surface area contributed by atoms with E-state index in [2.05, 4.69) is 51.3 Å². The quantitative estimate of drug-likeness (QED) is 0.142. The summed E-state index contributed by atoms with van der Waals surface area (Å²) in [5, 5.41) is 22.7. The second-order valence-corrected chi connectivity index (χ2v) is 1.87. The molecule has 0 aromatic carbocycles. The molecule has 0 aromatic rings. The largest absolute Gasteiger partial charge is 1.00 e. The van der Waals surface area contributed by atoms with Gasteiger partial charge in [0.05, 0.1) is 0 Å². The van der Waals surface area contributed by atoms with Crippen LogP contribution >= 0.6 is 0 Å². The number of nitrogens with one attached hydrogen (secondary N) is 3. The summed E-state index contributed by atoms with van der Waals surface area (Å²) in [6, 6.07) is 0. The van der Waals surface area contributed by atoms with Crippen molar-refractivity contribution in [2.24, 2.45) is 45.9 Å². The molecule has 0 aliphatic heterocycles. The van der Waals surface area contributed by atoms with E-state index >= 15 is 0 Å². The Balaban J connectivity index is -0.0000000369. The fourth-order valence-electron chi connectivity index (χ4n) is 0. The normalized spacial score (nSPS) is 6.00. The van der Waals surface area contributed by atoms with E-state index in [0.29, 0.717) is 0 Å². The number of rotatable bonds is 0. The minimum Gasteiger partial charge on any atom is -0.370 e. The maximum atomic E-state index is 6.06. The van der Waals surface area contributed by atoms with Crippen LogP contribution in [-0.4, -0.2) is 23.8 Å². The van der Waals surface area contributed by atoms with E-state index in [1.807, 2.05) is 0 Å². The van der Waals surface area contributed by atoms with E-state index < -0.39 is 0 Å². The topological polar surface area (TPSA) is 305 Å². The number of nitrogens with two attached hydrogens (primary N) is 9. The summed E-state index contributed by atoms with van der Waals surface area (Å²) < 4.78 is 0. The zero-order chi connectivity index (χ0) is 14.3. The maximum absolute atomic E-state index is 6.06. The fraction of sp³-hybridized carbons (Fsp3) is 0. The molecule has 0 heterocycles. The molecule has 0 rings (SSSR count). The lowest BCUT2D eigenvalue weighted by molar-refractivity contribution is -0.116. The van der Waals surface area contributed by atoms with Gasteiger partial charge in [0, 0.05) is 0 Å². The van der Waals surface area contributed by atoms with E-state index in [0.717, 1.165) is 0 Å². The van der Waals surface area contributed by atoms with Crippen molar-refractivity contribution in [2.75, 3.05) is 0 Å². The molecule has 0 spiro atoms. The standard InChI is InChI=1S/4CH5N3/c4*2-1(3)4/h4*(H5,2,3,4)/p+2. The van der Waals surface area contributed by atoms with Crippen LogP contribution in [-0.2, 0) is 0 Å². The van der Waals surface area contributed by atoms with Crippen LogP contribution in [0.1, 0.15) is 1.43 Å². The molecule has 21 N–H and O–H groups in total. The first kappa shape index (κ1) is 23.2. The van der Waals surface area contributed by atoms with Gasteiger partial charge in [0.25, 0.3) is 0 Å². The molecule has 0 fully saturated rings. The van der Waals surface area contributed by atoms with Gasteiger partial charge in [-0.2, -0.15) is 0 Å². The maximum Gasteiger partial charge on any atom is 1.00 e. The van der Waals surface area contributed by atoms with Crippen molar-refractivity contribution in [2.45, 2.75) is 0 Å². The van der Waals surface area contributed by atoms with Crippen molar-refractivity contribution in [1.29, 1.82) is 16.2 Å². The van der Waals surface area contributed by atoms with Gasteiger partial charge in [-0.05, 0) is 0 Å². The van der Waals surface area contributed by atoms with E-state index in [4.69, 9.17) is 16.2 Å². The third-order valence-electron chi connectivity index (χ3n) is 0. The van der Waals surface area contributed by atoms with Crippen LogP contribution in [0.25, 0.3) is 0 Å². The highest BCUT2D eigenvalue weighted by Crippen LogP contribution is 1.14. The van der Waals surface area contributed by atoms with Gasteiger partial charge in [-0.15, -0.1) is 0 Å². The highest BCUT2D eigenvalue weighted by atomic mass is 14.9. The first-order valence-corrected chi connectivity index (χ1v) is 3.35. The van der Waals surface area contributed by atoms with Gasteiger partial charge in [0.2, 0.25) is 0 Å². The summed E-state index contributed by atoms with van der Waals surface area (Å²) in [7, 11) is 0. The van der Waals surface area contributed by atoms with Crippen LogP contribution in [0.15, 0.2) is 0 Å². The number of guanidine groups is 4. The summed E-state index contributed by atoms with van der Waals surface area (Å²) >= 11 is 0. The third kappa shape index (κ3) is 132. The van der Waals surface area contributed by atoms with Gasteiger partial charge in [-0.3, -0.25) is 33.1 Å². The molecule has 12 nitrogen and oxygen atoms in total. The van der Waals surface area contributed by atoms with Gasteiger partial charge < -0.3 is 34.4 Å². The fourth-order valence-corrected chi connectivity index (χ4v) is 0. The molecule has 0 radical (unpaired) electrons. The summed E-state index contributed by atoms with van der Waals surface area (Å²) in [5.41, 5.74) is 36.0.